The number of carboxylic acids is 1. The van der Waals surface area contributed by atoms with Crippen LogP contribution >= 0.6 is 11.3 Å². The molecule has 0 saturated heterocycles. The van der Waals surface area contributed by atoms with Crippen LogP contribution in [0.1, 0.15) is 9.67 Å². The average Bonchev–Trinajstić information content (AvgIpc) is 2.70. The average molecular weight is 287 g/mol. The van der Waals surface area contributed by atoms with E-state index >= 15 is 0 Å². The Morgan fingerprint density at radius 2 is 2.33 bits per heavy atom. The van der Waals surface area contributed by atoms with E-state index in [9.17, 15) is 13.6 Å². The van der Waals surface area contributed by atoms with E-state index in [2.05, 4.69) is 9.27 Å². The molecule has 0 aliphatic heterocycles. The Balaban J connectivity index is 2.37. The fourth-order valence-corrected chi connectivity index (χ4v) is 2.45. The summed E-state index contributed by atoms with van der Waals surface area (Å²) in [5, 5.41) is 10.5. The summed E-state index contributed by atoms with van der Waals surface area (Å²) in [5.41, 5.74) is 0. The third kappa shape index (κ3) is 2.64. The molecule has 0 radical (unpaired) electrons. The monoisotopic (exact) mass is 287 g/mol. The summed E-state index contributed by atoms with van der Waals surface area (Å²) in [5.74, 6) is -0.746. The van der Waals surface area contributed by atoms with Gasteiger partial charge < -0.3 is 9.66 Å². The lowest BCUT2D eigenvalue weighted by molar-refractivity contribution is 0.0702. The molecule has 0 aliphatic carbocycles. The molecule has 2 aromatic rings. The van der Waals surface area contributed by atoms with Crippen LogP contribution in [0.2, 0.25) is 0 Å². The Hall–Kier alpha value is -1.55. The van der Waals surface area contributed by atoms with Crippen molar-refractivity contribution in [1.29, 1.82) is 0 Å². The fourth-order valence-electron chi connectivity index (χ4n) is 1.34. The van der Waals surface area contributed by atoms with E-state index in [4.69, 9.17) is 5.11 Å². The SMILES string of the molecule is CN(OS(=O)[O-])c1cc2cc(C(=O)O)sc2cn1. The zero-order valence-corrected chi connectivity index (χ0v) is 10.7. The predicted molar refractivity (Wildman–Crippen MR) is 65.0 cm³/mol. The van der Waals surface area contributed by atoms with E-state index < -0.39 is 17.3 Å². The molecule has 0 aliphatic rings. The van der Waals surface area contributed by atoms with Crippen molar-refractivity contribution < 1.29 is 22.9 Å². The highest BCUT2D eigenvalue weighted by Gasteiger charge is 2.11. The summed E-state index contributed by atoms with van der Waals surface area (Å²) in [6.45, 7) is 0. The number of rotatable bonds is 4. The van der Waals surface area contributed by atoms with Crippen molar-refractivity contribution in [2.45, 2.75) is 0 Å². The first kappa shape index (κ1) is 12.9. The third-order valence-corrected chi connectivity index (χ3v) is 3.51. The van der Waals surface area contributed by atoms with Crippen LogP contribution in [0.3, 0.4) is 0 Å². The van der Waals surface area contributed by atoms with Crippen molar-refractivity contribution in [3.05, 3.63) is 23.2 Å². The van der Waals surface area contributed by atoms with Gasteiger partial charge in [0.25, 0.3) is 0 Å². The van der Waals surface area contributed by atoms with Gasteiger partial charge in [-0.15, -0.1) is 11.3 Å². The van der Waals surface area contributed by atoms with Gasteiger partial charge in [-0.1, -0.05) is 0 Å². The Morgan fingerprint density at radius 3 is 2.94 bits per heavy atom. The highest BCUT2D eigenvalue weighted by molar-refractivity contribution is 7.74. The van der Waals surface area contributed by atoms with E-state index in [1.165, 1.54) is 19.3 Å². The van der Waals surface area contributed by atoms with Crippen LogP contribution in [0.5, 0.6) is 0 Å². The molecule has 2 rings (SSSR count). The zero-order valence-electron chi connectivity index (χ0n) is 9.02. The maximum Gasteiger partial charge on any atom is 0.345 e. The molecular weight excluding hydrogens is 280 g/mol. The lowest BCUT2D eigenvalue weighted by atomic mass is 10.3. The van der Waals surface area contributed by atoms with Crippen LogP contribution in [-0.4, -0.2) is 31.9 Å². The summed E-state index contributed by atoms with van der Waals surface area (Å²) in [7, 11) is 1.38. The molecule has 0 spiro atoms. The first-order chi connectivity index (χ1) is 8.47. The minimum absolute atomic E-state index is 0.194. The molecule has 0 fully saturated rings. The highest BCUT2D eigenvalue weighted by atomic mass is 32.2. The van der Waals surface area contributed by atoms with Crippen LogP contribution in [-0.2, 0) is 15.6 Å². The second kappa shape index (κ2) is 4.98. The third-order valence-electron chi connectivity index (χ3n) is 2.10. The molecule has 0 saturated carbocycles. The minimum Gasteiger partial charge on any atom is -0.748 e. The number of anilines is 1. The molecule has 0 bridgehead atoms. The molecule has 1 atom stereocenters. The molecule has 0 aromatic carbocycles. The van der Waals surface area contributed by atoms with Gasteiger partial charge in [0, 0.05) is 13.2 Å². The minimum atomic E-state index is -2.69. The summed E-state index contributed by atoms with van der Waals surface area (Å²) in [6.07, 6.45) is 1.47. The van der Waals surface area contributed by atoms with E-state index in [0.717, 1.165) is 16.4 Å². The molecule has 96 valence electrons. The van der Waals surface area contributed by atoms with Gasteiger partial charge >= 0.3 is 5.97 Å². The zero-order chi connectivity index (χ0) is 13.3. The van der Waals surface area contributed by atoms with Gasteiger partial charge in [-0.3, -0.25) is 0 Å². The number of carboxylic acid groups (broad SMARTS) is 1. The fraction of sp³-hybridized carbons (Fsp3) is 0.111. The van der Waals surface area contributed by atoms with Gasteiger partial charge in [-0.2, -0.15) is 4.28 Å². The van der Waals surface area contributed by atoms with Gasteiger partial charge in [-0.25, -0.2) is 19.1 Å². The highest BCUT2D eigenvalue weighted by Crippen LogP contribution is 2.27. The number of aromatic carboxylic acids is 1. The van der Waals surface area contributed by atoms with E-state index in [-0.39, 0.29) is 10.7 Å². The first-order valence-electron chi connectivity index (χ1n) is 4.61. The van der Waals surface area contributed by atoms with Crippen LogP contribution in [0.15, 0.2) is 18.3 Å². The summed E-state index contributed by atoms with van der Waals surface area (Å²) < 4.78 is 25.9. The smallest absolute Gasteiger partial charge is 0.345 e. The Bertz CT molecular complexity index is 626. The number of thiophene rings is 1. The first-order valence-corrected chi connectivity index (χ1v) is 6.43. The van der Waals surface area contributed by atoms with Crippen molar-refractivity contribution in [2.24, 2.45) is 0 Å². The Kier molecular flexibility index (Phi) is 3.57. The maximum absolute atomic E-state index is 10.8. The molecule has 18 heavy (non-hydrogen) atoms. The van der Waals surface area contributed by atoms with Crippen LogP contribution in [0.4, 0.5) is 5.82 Å². The van der Waals surface area contributed by atoms with Crippen LogP contribution < -0.4 is 5.06 Å². The Morgan fingerprint density at radius 1 is 1.61 bits per heavy atom. The summed E-state index contributed by atoms with van der Waals surface area (Å²) in [6, 6.07) is 3.04. The number of carbonyl (C=O) groups is 1. The number of fused-ring (bicyclic) bond motifs is 1. The second-order valence-electron chi connectivity index (χ2n) is 3.27. The van der Waals surface area contributed by atoms with Crippen molar-refractivity contribution in [3.63, 3.8) is 0 Å². The lowest BCUT2D eigenvalue weighted by Gasteiger charge is -2.17. The molecule has 0 amide bonds. The number of hydrogen-bond acceptors (Lipinski definition) is 7. The van der Waals surface area contributed by atoms with Gasteiger partial charge in [-0.05, 0) is 17.5 Å². The van der Waals surface area contributed by atoms with Gasteiger partial charge in [0.1, 0.15) is 16.2 Å². The standard InChI is InChI=1S/C9H8N2O5S2/c1-11(16-18(14)15)8-3-5-2-6(9(12)13)17-7(5)4-10-8/h2-4H,1H3,(H,12,13)(H,14,15)/p-1. The number of hydrogen-bond donors (Lipinski definition) is 1. The molecule has 1 N–H and O–H groups in total. The van der Waals surface area contributed by atoms with Gasteiger partial charge in [0.2, 0.25) is 0 Å². The lowest BCUT2D eigenvalue weighted by Crippen LogP contribution is -2.19. The van der Waals surface area contributed by atoms with Crippen molar-refractivity contribution in [1.82, 2.24) is 4.98 Å². The molecule has 9 heteroatoms. The normalized spacial score (nSPS) is 12.6. The van der Waals surface area contributed by atoms with E-state index in [0.29, 0.717) is 10.1 Å². The van der Waals surface area contributed by atoms with E-state index in [1.54, 1.807) is 6.07 Å². The van der Waals surface area contributed by atoms with Gasteiger partial charge in [0.05, 0.1) is 4.70 Å². The quantitative estimate of drug-likeness (QED) is 0.664. The number of aromatic nitrogens is 1. The number of nitrogens with zero attached hydrogens (tertiary/aromatic N) is 2. The Labute approximate surface area is 108 Å². The van der Waals surface area contributed by atoms with Crippen molar-refractivity contribution in [3.8, 4) is 0 Å². The molecule has 2 aromatic heterocycles. The second-order valence-corrected chi connectivity index (χ2v) is 4.91. The summed E-state index contributed by atoms with van der Waals surface area (Å²) in [4.78, 5) is 15.0. The number of pyridine rings is 1. The molecular formula is C9H7N2O5S2-. The topological polar surface area (TPSA) is 103 Å². The maximum atomic E-state index is 10.8. The van der Waals surface area contributed by atoms with Crippen molar-refractivity contribution >= 4 is 44.6 Å². The van der Waals surface area contributed by atoms with Crippen molar-refractivity contribution in [2.75, 3.05) is 12.1 Å². The van der Waals surface area contributed by atoms with Crippen LogP contribution in [0, 0.1) is 0 Å². The van der Waals surface area contributed by atoms with Crippen LogP contribution in [0.25, 0.3) is 10.1 Å². The molecule has 1 unspecified atom stereocenters. The molecule has 7 nitrogen and oxygen atoms in total. The predicted octanol–water partition coefficient (Wildman–Crippen LogP) is 1.16. The van der Waals surface area contributed by atoms with Gasteiger partial charge in [0.15, 0.2) is 5.82 Å². The largest absolute Gasteiger partial charge is 0.748 e. The summed E-state index contributed by atoms with van der Waals surface area (Å²) >= 11 is -1.59. The molecule has 2 heterocycles. The number of hydroxylamine groups is 1. The van der Waals surface area contributed by atoms with E-state index in [1.807, 2.05) is 0 Å².